The Kier molecular flexibility index (Phi) is 8.52. The number of amides is 1. The number of alkyl halides is 3. The number of rotatable bonds is 7. The predicted octanol–water partition coefficient (Wildman–Crippen LogP) is 3.69. The zero-order valence-corrected chi connectivity index (χ0v) is 20.4. The van der Waals surface area contributed by atoms with Crippen LogP contribution in [0.2, 0.25) is 0 Å². The predicted molar refractivity (Wildman–Crippen MR) is 125 cm³/mol. The van der Waals surface area contributed by atoms with Crippen LogP contribution in [0.4, 0.5) is 13.2 Å². The van der Waals surface area contributed by atoms with Gasteiger partial charge in [-0.1, -0.05) is 26.5 Å². The van der Waals surface area contributed by atoms with Gasteiger partial charge >= 0.3 is 6.18 Å². The molecular weight excluding hydrogens is 447 g/mol. The van der Waals surface area contributed by atoms with Gasteiger partial charge in [-0.25, -0.2) is 0 Å². The summed E-state index contributed by atoms with van der Waals surface area (Å²) >= 11 is 0. The monoisotopic (exact) mass is 485 g/mol. The number of nitrogens with one attached hydrogen (secondary N) is 1. The molecule has 1 aliphatic carbocycles. The second kappa shape index (κ2) is 10.8. The molecule has 1 amide bonds. The second-order valence-corrected chi connectivity index (χ2v) is 9.99. The van der Waals surface area contributed by atoms with Gasteiger partial charge in [-0.15, -0.1) is 0 Å². The first kappa shape index (κ1) is 26.8. The molecule has 0 radical (unpaired) electrons. The third-order valence-corrected chi connectivity index (χ3v) is 7.73. The minimum Gasteiger partial charge on any atom is -0.402 e. The average Bonchev–Trinajstić information content (AvgIpc) is 3.22. The molecule has 34 heavy (non-hydrogen) atoms. The first-order chi connectivity index (χ1) is 16.0. The van der Waals surface area contributed by atoms with Crippen molar-refractivity contribution in [3.8, 4) is 0 Å². The number of methoxy groups -OCH3 is 1. The Morgan fingerprint density at radius 3 is 2.74 bits per heavy atom. The van der Waals surface area contributed by atoms with Crippen LogP contribution in [-0.2, 0) is 14.3 Å². The Labute approximate surface area is 200 Å². The van der Waals surface area contributed by atoms with Crippen molar-refractivity contribution >= 4 is 5.91 Å². The quantitative estimate of drug-likeness (QED) is 0.538. The number of ether oxygens (including phenoxy) is 2. The summed E-state index contributed by atoms with van der Waals surface area (Å²) < 4.78 is 50.8. The summed E-state index contributed by atoms with van der Waals surface area (Å²) in [6, 6.07) is 0.352. The van der Waals surface area contributed by atoms with E-state index < -0.39 is 17.2 Å². The fourth-order valence-corrected chi connectivity index (χ4v) is 5.49. The number of nitrogens with two attached hydrogens (primary N) is 1. The number of hydrogen-bond donors (Lipinski definition) is 2. The van der Waals surface area contributed by atoms with E-state index >= 15 is 0 Å². The highest BCUT2D eigenvalue weighted by Gasteiger charge is 2.50. The fraction of sp³-hybridized carbons (Fsp3) is 0.720. The lowest BCUT2D eigenvalue weighted by Gasteiger charge is -2.40. The van der Waals surface area contributed by atoms with Crippen LogP contribution in [0.3, 0.4) is 0 Å². The Balaban J connectivity index is 1.75. The summed E-state index contributed by atoms with van der Waals surface area (Å²) in [6.07, 6.45) is 0.784. The van der Waals surface area contributed by atoms with Crippen molar-refractivity contribution in [3.05, 3.63) is 35.6 Å². The third kappa shape index (κ3) is 5.69. The van der Waals surface area contributed by atoms with Crippen molar-refractivity contribution in [1.82, 2.24) is 10.2 Å². The highest BCUT2D eigenvalue weighted by Crippen LogP contribution is 2.46. The van der Waals surface area contributed by atoms with Crippen LogP contribution in [-0.4, -0.2) is 68.6 Å². The lowest BCUT2D eigenvalue weighted by molar-refractivity contribution is -0.144. The van der Waals surface area contributed by atoms with Gasteiger partial charge in [0.15, 0.2) is 0 Å². The summed E-state index contributed by atoms with van der Waals surface area (Å²) in [6.45, 7) is 9.12. The van der Waals surface area contributed by atoms with E-state index in [4.69, 9.17) is 15.2 Å². The number of allylic oxidation sites excluding steroid dienone is 2. The fourth-order valence-electron chi connectivity index (χ4n) is 5.49. The molecule has 3 unspecified atom stereocenters. The van der Waals surface area contributed by atoms with Gasteiger partial charge in [0, 0.05) is 51.0 Å². The average molecular weight is 486 g/mol. The molecule has 3 N–H and O–H groups in total. The van der Waals surface area contributed by atoms with Crippen LogP contribution < -0.4 is 11.1 Å². The normalized spacial score (nSPS) is 31.3. The largest absolute Gasteiger partial charge is 0.416 e. The van der Waals surface area contributed by atoms with Gasteiger partial charge in [-0.2, -0.15) is 13.2 Å². The Hall–Kier alpha value is -1.84. The zero-order valence-electron chi connectivity index (χ0n) is 20.4. The van der Waals surface area contributed by atoms with Gasteiger partial charge in [0.05, 0.1) is 23.7 Å². The highest BCUT2D eigenvalue weighted by molar-refractivity contribution is 5.84. The smallest absolute Gasteiger partial charge is 0.402 e. The van der Waals surface area contributed by atoms with Crippen LogP contribution >= 0.6 is 0 Å². The van der Waals surface area contributed by atoms with Gasteiger partial charge < -0.3 is 25.4 Å². The molecule has 0 spiro atoms. The molecule has 6 nitrogen and oxygen atoms in total. The van der Waals surface area contributed by atoms with Crippen molar-refractivity contribution in [2.24, 2.45) is 17.1 Å². The van der Waals surface area contributed by atoms with E-state index in [0.717, 1.165) is 31.4 Å². The van der Waals surface area contributed by atoms with Crippen LogP contribution in [0.15, 0.2) is 35.6 Å². The third-order valence-electron chi connectivity index (χ3n) is 7.73. The van der Waals surface area contributed by atoms with Gasteiger partial charge in [-0.05, 0) is 43.3 Å². The topological polar surface area (TPSA) is 76.8 Å². The molecule has 4 atom stereocenters. The number of carbonyl (C=O) groups is 1. The number of nitrogens with zero attached hydrogens (tertiary/aromatic N) is 1. The van der Waals surface area contributed by atoms with E-state index in [0.29, 0.717) is 43.9 Å². The highest BCUT2D eigenvalue weighted by atomic mass is 19.4. The standard InChI is InChI=1S/C25H38F3N3O3/c1-5-18(25(26,27)28)12-17-14-31(10-7-20(17)29)23(32)24(16(2)3)9-6-19(13-24)30-21-8-11-34-15-22(21)33-4/h5,12,16,19,21-22,30H,1,6-11,13-15,29H2,2-4H3/b18-12+/t19?,21?,22?,24-/m0/s1. The molecule has 1 saturated carbocycles. The van der Waals surface area contributed by atoms with E-state index in [1.165, 1.54) is 0 Å². The number of halogens is 3. The first-order valence-corrected chi connectivity index (χ1v) is 12.1. The van der Waals surface area contributed by atoms with E-state index in [1.807, 2.05) is 0 Å². The Morgan fingerprint density at radius 1 is 1.38 bits per heavy atom. The molecule has 3 rings (SSSR count). The number of carbonyl (C=O) groups excluding carboxylic acids is 1. The van der Waals surface area contributed by atoms with E-state index in [1.54, 1.807) is 12.0 Å². The van der Waals surface area contributed by atoms with Crippen LogP contribution in [0, 0.1) is 11.3 Å². The molecule has 0 aromatic heterocycles. The van der Waals surface area contributed by atoms with Gasteiger partial charge in [0.25, 0.3) is 0 Å². The molecule has 0 aromatic rings. The maximum absolute atomic E-state index is 13.9. The molecule has 3 aliphatic rings. The Bertz CT molecular complexity index is 824. The minimum atomic E-state index is -4.52. The zero-order chi connectivity index (χ0) is 25.1. The molecular formula is C25H38F3N3O3. The van der Waals surface area contributed by atoms with E-state index in [2.05, 4.69) is 25.7 Å². The van der Waals surface area contributed by atoms with Crippen molar-refractivity contribution in [3.63, 3.8) is 0 Å². The summed E-state index contributed by atoms with van der Waals surface area (Å²) in [5.41, 5.74) is 5.37. The molecule has 1 saturated heterocycles. The van der Waals surface area contributed by atoms with Crippen molar-refractivity contribution in [2.45, 2.75) is 70.3 Å². The van der Waals surface area contributed by atoms with Gasteiger partial charge in [-0.3, -0.25) is 4.79 Å². The van der Waals surface area contributed by atoms with E-state index in [9.17, 15) is 18.0 Å². The van der Waals surface area contributed by atoms with Crippen LogP contribution in [0.5, 0.6) is 0 Å². The van der Waals surface area contributed by atoms with Crippen LogP contribution in [0.1, 0.15) is 46.0 Å². The lowest BCUT2D eigenvalue weighted by atomic mass is 9.74. The molecule has 2 fully saturated rings. The molecule has 0 aromatic carbocycles. The van der Waals surface area contributed by atoms with Gasteiger partial charge in [0.1, 0.15) is 0 Å². The second-order valence-electron chi connectivity index (χ2n) is 9.99. The van der Waals surface area contributed by atoms with Crippen molar-refractivity contribution < 1.29 is 27.4 Å². The minimum absolute atomic E-state index is 0.00707. The summed E-state index contributed by atoms with van der Waals surface area (Å²) in [5.74, 6) is 0.105. The molecule has 2 heterocycles. The molecule has 0 bridgehead atoms. The maximum atomic E-state index is 13.9. The first-order valence-electron chi connectivity index (χ1n) is 12.1. The van der Waals surface area contributed by atoms with Crippen molar-refractivity contribution in [2.75, 3.05) is 33.4 Å². The van der Waals surface area contributed by atoms with Crippen molar-refractivity contribution in [1.29, 1.82) is 0 Å². The van der Waals surface area contributed by atoms with E-state index in [-0.39, 0.29) is 36.6 Å². The Morgan fingerprint density at radius 2 is 2.12 bits per heavy atom. The molecule has 2 aliphatic heterocycles. The maximum Gasteiger partial charge on any atom is 0.416 e. The SMILES string of the molecule is C=C/C(=C\C1=C(N)CCN(C(=O)[C@@]2(C(C)C)CCC(NC3CCOCC3OC)C2)C1)C(F)(F)F. The summed E-state index contributed by atoms with van der Waals surface area (Å²) in [4.78, 5) is 15.5. The summed E-state index contributed by atoms with van der Waals surface area (Å²) in [5, 5.41) is 3.70. The summed E-state index contributed by atoms with van der Waals surface area (Å²) in [7, 11) is 1.68. The number of hydrogen-bond acceptors (Lipinski definition) is 5. The molecule has 9 heteroatoms. The van der Waals surface area contributed by atoms with Crippen LogP contribution in [0.25, 0.3) is 0 Å². The lowest BCUT2D eigenvalue weighted by Crippen LogP contribution is -2.52. The molecule has 192 valence electrons. The van der Waals surface area contributed by atoms with Gasteiger partial charge in [0.2, 0.25) is 5.91 Å².